The predicted molar refractivity (Wildman–Crippen MR) is 89.3 cm³/mol. The molecule has 0 saturated carbocycles. The molecule has 0 unspecified atom stereocenters. The molecule has 4 heteroatoms. The molecule has 1 saturated heterocycles. The third-order valence-electron chi connectivity index (χ3n) is 3.82. The van der Waals surface area contributed by atoms with Crippen LogP contribution in [0.3, 0.4) is 0 Å². The molecule has 3 rings (SSSR count). The normalized spacial score (nSPS) is 14.5. The van der Waals surface area contributed by atoms with Gasteiger partial charge in [0, 0.05) is 35.5 Å². The predicted octanol–water partition coefficient (Wildman–Crippen LogP) is 4.80. The minimum absolute atomic E-state index is 0.221. The van der Waals surface area contributed by atoms with Crippen LogP contribution >= 0.6 is 15.9 Å². The van der Waals surface area contributed by atoms with E-state index >= 15 is 0 Å². The molecule has 2 nitrogen and oxygen atoms in total. The Labute approximate surface area is 133 Å². The maximum Gasteiger partial charge on any atom is 0.124 e. The van der Waals surface area contributed by atoms with Crippen molar-refractivity contribution in [2.75, 3.05) is 23.3 Å². The number of rotatable bonds is 4. The van der Waals surface area contributed by atoms with E-state index in [0.29, 0.717) is 6.54 Å². The number of nitrogens with zero attached hydrogens (tertiary/aromatic N) is 1. The van der Waals surface area contributed by atoms with Crippen molar-refractivity contribution in [2.24, 2.45) is 0 Å². The smallest absolute Gasteiger partial charge is 0.124 e. The molecule has 0 aromatic heterocycles. The Balaban J connectivity index is 1.68. The van der Waals surface area contributed by atoms with Crippen LogP contribution in [0.2, 0.25) is 0 Å². The van der Waals surface area contributed by atoms with Crippen LogP contribution in [-0.4, -0.2) is 13.1 Å². The zero-order valence-corrected chi connectivity index (χ0v) is 13.4. The van der Waals surface area contributed by atoms with Gasteiger partial charge in [-0.1, -0.05) is 28.1 Å². The van der Waals surface area contributed by atoms with Gasteiger partial charge in [0.15, 0.2) is 0 Å². The van der Waals surface area contributed by atoms with Gasteiger partial charge in [0.1, 0.15) is 5.82 Å². The number of benzene rings is 2. The highest BCUT2D eigenvalue weighted by Crippen LogP contribution is 2.24. The van der Waals surface area contributed by atoms with E-state index in [9.17, 15) is 4.39 Å². The Hall–Kier alpha value is -1.55. The molecular weight excluding hydrogens is 331 g/mol. The third kappa shape index (κ3) is 3.56. The Kier molecular flexibility index (Phi) is 4.44. The van der Waals surface area contributed by atoms with Crippen molar-refractivity contribution in [3.63, 3.8) is 0 Å². The highest BCUT2D eigenvalue weighted by atomic mass is 79.9. The third-order valence-corrected chi connectivity index (χ3v) is 4.55. The number of nitrogens with one attached hydrogen (secondary N) is 1. The van der Waals surface area contributed by atoms with E-state index in [0.717, 1.165) is 28.8 Å². The van der Waals surface area contributed by atoms with Crippen LogP contribution in [0.4, 0.5) is 15.8 Å². The van der Waals surface area contributed by atoms with Crippen molar-refractivity contribution in [1.82, 2.24) is 0 Å². The maximum atomic E-state index is 13.1. The van der Waals surface area contributed by atoms with Gasteiger partial charge in [-0.25, -0.2) is 4.39 Å². The molecular formula is C17H18BrFN2. The van der Waals surface area contributed by atoms with E-state index in [4.69, 9.17) is 0 Å². The Morgan fingerprint density at radius 1 is 1.10 bits per heavy atom. The quantitative estimate of drug-likeness (QED) is 0.853. The summed E-state index contributed by atoms with van der Waals surface area (Å²) < 4.78 is 13.9. The molecule has 0 aliphatic carbocycles. The first-order chi connectivity index (χ1) is 10.2. The Morgan fingerprint density at radius 2 is 1.90 bits per heavy atom. The lowest BCUT2D eigenvalue weighted by Gasteiger charge is -2.18. The minimum atomic E-state index is -0.221. The zero-order chi connectivity index (χ0) is 14.7. The van der Waals surface area contributed by atoms with Gasteiger partial charge in [-0.3, -0.25) is 0 Å². The number of anilines is 2. The summed E-state index contributed by atoms with van der Waals surface area (Å²) in [6, 6.07) is 13.3. The first-order valence-electron chi connectivity index (χ1n) is 7.25. The first-order valence-corrected chi connectivity index (χ1v) is 8.04. The Morgan fingerprint density at radius 3 is 2.67 bits per heavy atom. The molecule has 0 amide bonds. The summed E-state index contributed by atoms with van der Waals surface area (Å²) in [7, 11) is 0. The largest absolute Gasteiger partial charge is 0.381 e. The second kappa shape index (κ2) is 6.48. The first kappa shape index (κ1) is 14.4. The van der Waals surface area contributed by atoms with E-state index in [1.807, 2.05) is 0 Å². The van der Waals surface area contributed by atoms with Gasteiger partial charge in [-0.15, -0.1) is 0 Å². The second-order valence-corrected chi connectivity index (χ2v) is 6.19. The highest BCUT2D eigenvalue weighted by Gasteiger charge is 2.12. The standard InChI is InChI=1S/C17H18BrFN2/c18-17-10-14(19)7-6-13(17)12-20-15-4-3-5-16(11-15)21-8-1-2-9-21/h3-7,10-11,20H,1-2,8-9,12H2. The van der Waals surface area contributed by atoms with E-state index in [1.54, 1.807) is 6.07 Å². The van der Waals surface area contributed by atoms with Crippen LogP contribution in [0.25, 0.3) is 0 Å². The second-order valence-electron chi connectivity index (χ2n) is 5.33. The molecule has 1 aliphatic heterocycles. The fourth-order valence-corrected chi connectivity index (χ4v) is 3.14. The van der Waals surface area contributed by atoms with Crippen molar-refractivity contribution in [3.8, 4) is 0 Å². The molecule has 21 heavy (non-hydrogen) atoms. The summed E-state index contributed by atoms with van der Waals surface area (Å²) in [5, 5.41) is 3.41. The molecule has 110 valence electrons. The van der Waals surface area contributed by atoms with Crippen molar-refractivity contribution < 1.29 is 4.39 Å². The van der Waals surface area contributed by atoms with Crippen LogP contribution in [0, 0.1) is 5.82 Å². The molecule has 1 N–H and O–H groups in total. The van der Waals surface area contributed by atoms with Crippen LogP contribution < -0.4 is 10.2 Å². The Bertz CT molecular complexity index is 624. The lowest BCUT2D eigenvalue weighted by atomic mass is 10.2. The monoisotopic (exact) mass is 348 g/mol. The van der Waals surface area contributed by atoms with Crippen molar-refractivity contribution in [1.29, 1.82) is 0 Å². The fraction of sp³-hybridized carbons (Fsp3) is 0.294. The summed E-state index contributed by atoms with van der Waals surface area (Å²) in [6.07, 6.45) is 2.56. The SMILES string of the molecule is Fc1ccc(CNc2cccc(N3CCCC3)c2)c(Br)c1. The molecule has 0 bridgehead atoms. The van der Waals surface area contributed by atoms with Crippen LogP contribution in [0.5, 0.6) is 0 Å². The molecule has 0 atom stereocenters. The molecule has 0 spiro atoms. The molecule has 1 aliphatic rings. The summed E-state index contributed by atoms with van der Waals surface area (Å²) >= 11 is 3.40. The van der Waals surface area contributed by atoms with Gasteiger partial charge in [-0.05, 0) is 48.7 Å². The average molecular weight is 349 g/mol. The van der Waals surface area contributed by atoms with Gasteiger partial charge in [-0.2, -0.15) is 0 Å². The average Bonchev–Trinajstić information content (AvgIpc) is 3.01. The van der Waals surface area contributed by atoms with Gasteiger partial charge < -0.3 is 10.2 Å². The summed E-state index contributed by atoms with van der Waals surface area (Å²) in [5.74, 6) is -0.221. The molecule has 1 heterocycles. The molecule has 2 aromatic carbocycles. The van der Waals surface area contributed by atoms with Crippen LogP contribution in [0.1, 0.15) is 18.4 Å². The van der Waals surface area contributed by atoms with Gasteiger partial charge in [0.2, 0.25) is 0 Å². The van der Waals surface area contributed by atoms with E-state index in [-0.39, 0.29) is 5.82 Å². The van der Waals surface area contributed by atoms with Crippen molar-refractivity contribution in [3.05, 3.63) is 58.3 Å². The summed E-state index contributed by atoms with van der Waals surface area (Å²) in [5.41, 5.74) is 3.41. The van der Waals surface area contributed by atoms with Crippen molar-refractivity contribution in [2.45, 2.75) is 19.4 Å². The minimum Gasteiger partial charge on any atom is -0.381 e. The molecule has 2 aromatic rings. The zero-order valence-electron chi connectivity index (χ0n) is 11.8. The van der Waals surface area contributed by atoms with Gasteiger partial charge in [0.25, 0.3) is 0 Å². The van der Waals surface area contributed by atoms with Crippen LogP contribution in [-0.2, 0) is 6.54 Å². The fourth-order valence-electron chi connectivity index (χ4n) is 2.65. The van der Waals surface area contributed by atoms with E-state index in [2.05, 4.69) is 50.4 Å². The van der Waals surface area contributed by atoms with Gasteiger partial charge in [0.05, 0.1) is 0 Å². The molecule has 0 radical (unpaired) electrons. The lowest BCUT2D eigenvalue weighted by Crippen LogP contribution is -2.17. The lowest BCUT2D eigenvalue weighted by molar-refractivity contribution is 0.626. The number of hydrogen-bond donors (Lipinski definition) is 1. The summed E-state index contributed by atoms with van der Waals surface area (Å²) in [6.45, 7) is 2.96. The highest BCUT2D eigenvalue weighted by molar-refractivity contribution is 9.10. The van der Waals surface area contributed by atoms with E-state index < -0.39 is 0 Å². The van der Waals surface area contributed by atoms with E-state index in [1.165, 1.54) is 30.7 Å². The maximum absolute atomic E-state index is 13.1. The molecule has 1 fully saturated rings. The summed E-state index contributed by atoms with van der Waals surface area (Å²) in [4.78, 5) is 2.42. The van der Waals surface area contributed by atoms with Crippen molar-refractivity contribution >= 4 is 27.3 Å². The topological polar surface area (TPSA) is 15.3 Å². The number of hydrogen-bond acceptors (Lipinski definition) is 2. The number of halogens is 2. The van der Waals surface area contributed by atoms with Gasteiger partial charge >= 0.3 is 0 Å². The van der Waals surface area contributed by atoms with Crippen LogP contribution in [0.15, 0.2) is 46.9 Å².